The van der Waals surface area contributed by atoms with Crippen LogP contribution in [-0.2, 0) is 11.2 Å². The van der Waals surface area contributed by atoms with Crippen molar-refractivity contribution in [2.45, 2.75) is 39.5 Å². The monoisotopic (exact) mass is 266 g/mol. The third-order valence-electron chi connectivity index (χ3n) is 2.86. The van der Waals surface area contributed by atoms with Gasteiger partial charge in [0.15, 0.2) is 0 Å². The van der Waals surface area contributed by atoms with E-state index in [4.69, 9.17) is 4.74 Å². The molecule has 0 unspecified atom stereocenters. The molecule has 1 rings (SSSR count). The molecule has 0 saturated heterocycles. The molecule has 1 aromatic heterocycles. The van der Waals surface area contributed by atoms with Gasteiger partial charge >= 0.3 is 0 Å². The zero-order valence-electron chi connectivity index (χ0n) is 12.3. The van der Waals surface area contributed by atoms with E-state index in [-0.39, 0.29) is 0 Å². The molecule has 2 N–H and O–H groups in total. The molecule has 0 amide bonds. The van der Waals surface area contributed by atoms with Crippen LogP contribution in [0.15, 0.2) is 6.33 Å². The minimum absolute atomic E-state index is 0.815. The number of nitrogens with one attached hydrogen (secondary N) is 2. The van der Waals surface area contributed by atoms with Crippen molar-refractivity contribution in [1.82, 2.24) is 9.97 Å². The van der Waals surface area contributed by atoms with Gasteiger partial charge in [0.05, 0.1) is 0 Å². The third kappa shape index (κ3) is 5.42. The highest BCUT2D eigenvalue weighted by atomic mass is 16.5. The first-order valence-electron chi connectivity index (χ1n) is 7.14. The van der Waals surface area contributed by atoms with E-state index in [9.17, 15) is 0 Å². The molecule has 5 heteroatoms. The fourth-order valence-electron chi connectivity index (χ4n) is 1.95. The van der Waals surface area contributed by atoms with Crippen LogP contribution < -0.4 is 10.6 Å². The molecule has 0 aliphatic heterocycles. The van der Waals surface area contributed by atoms with Crippen LogP contribution in [0.3, 0.4) is 0 Å². The molecule has 108 valence electrons. The number of nitrogens with zero attached hydrogens (tertiary/aromatic N) is 2. The minimum Gasteiger partial charge on any atom is -0.385 e. The normalized spacial score (nSPS) is 10.5. The molecule has 1 heterocycles. The minimum atomic E-state index is 0.815. The molecule has 19 heavy (non-hydrogen) atoms. The van der Waals surface area contributed by atoms with Gasteiger partial charge in [0.25, 0.3) is 0 Å². The number of aromatic nitrogens is 2. The van der Waals surface area contributed by atoms with Crippen molar-refractivity contribution in [3.63, 3.8) is 0 Å². The van der Waals surface area contributed by atoms with Gasteiger partial charge in [-0.05, 0) is 26.2 Å². The van der Waals surface area contributed by atoms with Crippen molar-refractivity contribution in [1.29, 1.82) is 0 Å². The first kappa shape index (κ1) is 15.7. The number of unbranched alkanes of at least 4 members (excludes halogenated alkanes) is 1. The summed E-state index contributed by atoms with van der Waals surface area (Å²) in [6.07, 6.45) is 5.85. The summed E-state index contributed by atoms with van der Waals surface area (Å²) < 4.78 is 5.04. The van der Waals surface area contributed by atoms with Gasteiger partial charge in [0.2, 0.25) is 0 Å². The van der Waals surface area contributed by atoms with Crippen molar-refractivity contribution in [2.24, 2.45) is 0 Å². The summed E-state index contributed by atoms with van der Waals surface area (Å²) in [5, 5.41) is 6.71. The highest BCUT2D eigenvalue weighted by Gasteiger charge is 2.09. The first-order valence-corrected chi connectivity index (χ1v) is 7.14. The average Bonchev–Trinajstić information content (AvgIpc) is 2.42. The fraction of sp³-hybridized carbons (Fsp3) is 0.714. The lowest BCUT2D eigenvalue weighted by atomic mass is 10.1. The van der Waals surface area contributed by atoms with Crippen LogP contribution in [0.2, 0.25) is 0 Å². The van der Waals surface area contributed by atoms with E-state index >= 15 is 0 Å². The smallest absolute Gasteiger partial charge is 0.134 e. The van der Waals surface area contributed by atoms with E-state index in [1.807, 2.05) is 0 Å². The Hall–Kier alpha value is -1.36. The number of rotatable bonds is 10. The lowest BCUT2D eigenvalue weighted by molar-refractivity contribution is 0.194. The second-order valence-corrected chi connectivity index (χ2v) is 4.46. The van der Waals surface area contributed by atoms with Crippen LogP contribution in [0.1, 0.15) is 38.7 Å². The Balaban J connectivity index is 2.61. The van der Waals surface area contributed by atoms with Crippen LogP contribution in [-0.4, -0.2) is 36.8 Å². The molecule has 0 aliphatic carbocycles. The standard InChI is InChI=1S/C14H26N4O/c1-4-8-12-13(15-5-2)17-11-18-14(12)16-9-6-7-10-19-3/h11H,4-10H2,1-3H3,(H2,15,16,17,18). The van der Waals surface area contributed by atoms with E-state index < -0.39 is 0 Å². The predicted octanol–water partition coefficient (Wildman–Crippen LogP) is 2.70. The van der Waals surface area contributed by atoms with Gasteiger partial charge in [-0.2, -0.15) is 0 Å². The predicted molar refractivity (Wildman–Crippen MR) is 79.8 cm³/mol. The van der Waals surface area contributed by atoms with Gasteiger partial charge in [0, 0.05) is 32.4 Å². The van der Waals surface area contributed by atoms with Crippen molar-refractivity contribution in [3.05, 3.63) is 11.9 Å². The van der Waals surface area contributed by atoms with Crippen molar-refractivity contribution in [3.8, 4) is 0 Å². The van der Waals surface area contributed by atoms with Crippen LogP contribution in [0, 0.1) is 0 Å². The van der Waals surface area contributed by atoms with Gasteiger partial charge in [-0.25, -0.2) is 9.97 Å². The van der Waals surface area contributed by atoms with Gasteiger partial charge in [0.1, 0.15) is 18.0 Å². The van der Waals surface area contributed by atoms with E-state index in [1.165, 1.54) is 5.56 Å². The van der Waals surface area contributed by atoms with Crippen molar-refractivity contribution >= 4 is 11.6 Å². The summed E-state index contributed by atoms with van der Waals surface area (Å²) in [6.45, 7) is 6.86. The molecule has 0 bridgehead atoms. The zero-order chi connectivity index (χ0) is 13.9. The average molecular weight is 266 g/mol. The Labute approximate surface area is 116 Å². The van der Waals surface area contributed by atoms with Gasteiger partial charge < -0.3 is 15.4 Å². The molecule has 0 spiro atoms. The molecule has 0 radical (unpaired) electrons. The summed E-state index contributed by atoms with van der Waals surface area (Å²) >= 11 is 0. The SMILES string of the molecule is CCCc1c(NCC)ncnc1NCCCCOC. The summed E-state index contributed by atoms with van der Waals surface area (Å²) in [7, 11) is 1.74. The molecule has 0 aliphatic rings. The fourth-order valence-corrected chi connectivity index (χ4v) is 1.95. The molecular weight excluding hydrogens is 240 g/mol. The second-order valence-electron chi connectivity index (χ2n) is 4.46. The number of methoxy groups -OCH3 is 1. The lowest BCUT2D eigenvalue weighted by Crippen LogP contribution is -2.11. The highest BCUT2D eigenvalue weighted by Crippen LogP contribution is 2.21. The quantitative estimate of drug-likeness (QED) is 0.638. The Morgan fingerprint density at radius 3 is 2.47 bits per heavy atom. The molecule has 0 aromatic carbocycles. The van der Waals surface area contributed by atoms with Gasteiger partial charge in [-0.1, -0.05) is 13.3 Å². The van der Waals surface area contributed by atoms with Gasteiger partial charge in [-0.15, -0.1) is 0 Å². The summed E-state index contributed by atoms with van der Waals surface area (Å²) in [5.41, 5.74) is 1.19. The summed E-state index contributed by atoms with van der Waals surface area (Å²) in [4.78, 5) is 8.69. The second kappa shape index (κ2) is 9.55. The van der Waals surface area contributed by atoms with Crippen LogP contribution >= 0.6 is 0 Å². The Morgan fingerprint density at radius 2 is 1.84 bits per heavy atom. The molecule has 0 fully saturated rings. The van der Waals surface area contributed by atoms with E-state index in [1.54, 1.807) is 13.4 Å². The maximum absolute atomic E-state index is 5.04. The highest BCUT2D eigenvalue weighted by molar-refractivity contribution is 5.57. The van der Waals surface area contributed by atoms with Crippen LogP contribution in [0.5, 0.6) is 0 Å². The van der Waals surface area contributed by atoms with Crippen LogP contribution in [0.25, 0.3) is 0 Å². The Bertz CT molecular complexity index is 357. The summed E-state index contributed by atoms with van der Waals surface area (Å²) in [5.74, 6) is 1.92. The molecule has 0 saturated carbocycles. The maximum Gasteiger partial charge on any atom is 0.134 e. The Kier molecular flexibility index (Phi) is 7.89. The number of hydrogen-bond donors (Lipinski definition) is 2. The number of anilines is 2. The first-order chi connectivity index (χ1) is 9.33. The molecule has 1 aromatic rings. The molecular formula is C14H26N4O. The van der Waals surface area contributed by atoms with Crippen LogP contribution in [0.4, 0.5) is 11.6 Å². The zero-order valence-corrected chi connectivity index (χ0v) is 12.3. The van der Waals surface area contributed by atoms with E-state index in [0.29, 0.717) is 0 Å². The lowest BCUT2D eigenvalue weighted by Gasteiger charge is -2.14. The molecule has 0 atom stereocenters. The van der Waals surface area contributed by atoms with Crippen molar-refractivity contribution < 1.29 is 4.74 Å². The summed E-state index contributed by atoms with van der Waals surface area (Å²) in [6, 6.07) is 0. The number of hydrogen-bond acceptors (Lipinski definition) is 5. The molecule has 5 nitrogen and oxygen atoms in total. The number of ether oxygens (including phenoxy) is 1. The largest absolute Gasteiger partial charge is 0.385 e. The van der Waals surface area contributed by atoms with E-state index in [0.717, 1.165) is 57.0 Å². The maximum atomic E-state index is 5.04. The van der Waals surface area contributed by atoms with Gasteiger partial charge in [-0.3, -0.25) is 0 Å². The van der Waals surface area contributed by atoms with E-state index in [2.05, 4.69) is 34.4 Å². The third-order valence-corrected chi connectivity index (χ3v) is 2.86. The van der Waals surface area contributed by atoms with Crippen molar-refractivity contribution in [2.75, 3.05) is 37.4 Å². The Morgan fingerprint density at radius 1 is 1.11 bits per heavy atom. The topological polar surface area (TPSA) is 59.1 Å².